The van der Waals surface area contributed by atoms with Crippen LogP contribution in [0.3, 0.4) is 0 Å². The predicted octanol–water partition coefficient (Wildman–Crippen LogP) is 18.6. The van der Waals surface area contributed by atoms with E-state index >= 15 is 0 Å². The van der Waals surface area contributed by atoms with Gasteiger partial charge in [0.2, 0.25) is 0 Å². The van der Waals surface area contributed by atoms with E-state index in [0.717, 1.165) is 39.0 Å². The molecule has 0 spiro atoms. The maximum absolute atomic E-state index is 6.60. The molecule has 0 unspecified atom stereocenters. The minimum atomic E-state index is -0.175. The van der Waals surface area contributed by atoms with Crippen LogP contribution in [-0.4, -0.2) is 0 Å². The maximum atomic E-state index is 6.60. The molecule has 13 aromatic rings. The summed E-state index contributed by atoms with van der Waals surface area (Å²) >= 11 is 1.88. The lowest BCUT2D eigenvalue weighted by Gasteiger charge is -2.29. The van der Waals surface area contributed by atoms with E-state index in [0.29, 0.717) is 0 Å². The largest absolute Gasteiger partial charge is 0.456 e. The molecule has 14 rings (SSSR count). The van der Waals surface area contributed by atoms with Crippen LogP contribution in [0.1, 0.15) is 25.0 Å². The van der Waals surface area contributed by atoms with Gasteiger partial charge in [-0.3, -0.25) is 0 Å². The van der Waals surface area contributed by atoms with Gasteiger partial charge in [0, 0.05) is 42.3 Å². The minimum Gasteiger partial charge on any atom is -0.456 e. The van der Waals surface area contributed by atoms with Crippen LogP contribution in [0.2, 0.25) is 0 Å². The lowest BCUT2D eigenvalue weighted by atomic mass is 9.82. The summed E-state index contributed by atoms with van der Waals surface area (Å²) in [5, 5.41) is 17.0. The van der Waals surface area contributed by atoms with Crippen LogP contribution in [0, 0.1) is 0 Å². The Morgan fingerprint density at radius 2 is 0.879 bits per heavy atom. The number of nitrogens with zero attached hydrogens (tertiary/aromatic N) is 1. The lowest BCUT2D eigenvalue weighted by molar-refractivity contribution is 0.660. The van der Waals surface area contributed by atoms with Gasteiger partial charge in [0.25, 0.3) is 0 Å². The van der Waals surface area contributed by atoms with Crippen molar-refractivity contribution in [1.29, 1.82) is 0 Å². The van der Waals surface area contributed by atoms with Crippen molar-refractivity contribution in [2.24, 2.45) is 0 Å². The first-order chi connectivity index (χ1) is 32.5. The summed E-state index contributed by atoms with van der Waals surface area (Å²) in [5.74, 6) is 0. The first-order valence-corrected chi connectivity index (χ1v) is 23.6. The molecule has 2 heterocycles. The molecule has 0 atom stereocenters. The highest BCUT2D eigenvalue weighted by molar-refractivity contribution is 7.26. The van der Waals surface area contributed by atoms with Crippen LogP contribution < -0.4 is 4.90 Å². The van der Waals surface area contributed by atoms with Gasteiger partial charge < -0.3 is 9.32 Å². The molecular formula is C63H41NOS. The fourth-order valence-electron chi connectivity index (χ4n) is 11.5. The quantitative estimate of drug-likeness (QED) is 0.176. The zero-order valence-corrected chi connectivity index (χ0v) is 37.3. The molecule has 0 N–H and O–H groups in total. The number of thiophene rings is 1. The van der Waals surface area contributed by atoms with Crippen LogP contribution in [0.4, 0.5) is 17.1 Å². The molecule has 0 fully saturated rings. The number of para-hydroxylation sites is 1. The van der Waals surface area contributed by atoms with Crippen molar-refractivity contribution in [2.45, 2.75) is 19.3 Å². The topological polar surface area (TPSA) is 16.4 Å². The molecule has 1 aliphatic rings. The van der Waals surface area contributed by atoms with Crippen molar-refractivity contribution in [1.82, 2.24) is 0 Å². The zero-order valence-electron chi connectivity index (χ0n) is 36.5. The first kappa shape index (κ1) is 37.4. The number of fused-ring (bicyclic) bond motifs is 20. The summed E-state index contributed by atoms with van der Waals surface area (Å²) in [6.07, 6.45) is 0. The Morgan fingerprint density at radius 1 is 0.348 bits per heavy atom. The Bertz CT molecular complexity index is 4280. The van der Waals surface area contributed by atoms with Gasteiger partial charge in [0.15, 0.2) is 0 Å². The van der Waals surface area contributed by atoms with Gasteiger partial charge in [-0.15, -0.1) is 11.3 Å². The molecular weight excluding hydrogens is 819 g/mol. The number of benzene rings is 10. The van der Waals surface area contributed by atoms with E-state index in [2.05, 4.69) is 231 Å². The fourth-order valence-corrected chi connectivity index (χ4v) is 12.6. The van der Waals surface area contributed by atoms with Gasteiger partial charge in [-0.1, -0.05) is 172 Å². The number of anilines is 3. The van der Waals surface area contributed by atoms with Crippen LogP contribution in [0.15, 0.2) is 217 Å². The SMILES string of the molecule is CC1(C)c2ccccc2-c2ccc(N(c3ccc4c5ccccc5c5ccccc5c5ccccc5c5c(ccc6sc7ccccc7c65)c4c3)c3cccc4oc5ccccc5c34)cc21. The molecule has 0 bridgehead atoms. The standard InChI is InChI=1S/C63H41NOS/c1-63(2)53-25-12-9-21-46(53)47-33-31-39(37-54(47)63)64(55-26-15-28-57-61(55)50-23-10-13-27-56(50)65-57)38-30-32-45-43-19-6-4-17-41(43)40-16-3-5-18-42(40)44-20-7-8-22-48(44)60-49(52(45)36-38)34-35-59-62(60)51-24-11-14-29-58(51)66-59/h3-37H,1-2H3. The summed E-state index contributed by atoms with van der Waals surface area (Å²) in [5.41, 5.74) is 10.1. The summed E-state index contributed by atoms with van der Waals surface area (Å²) < 4.78 is 9.18. The second kappa shape index (κ2) is 14.0. The molecule has 0 aliphatic heterocycles. The summed E-state index contributed by atoms with van der Waals surface area (Å²) in [4.78, 5) is 2.48. The fraction of sp³-hybridized carbons (Fsp3) is 0.0476. The van der Waals surface area contributed by atoms with Gasteiger partial charge in [-0.25, -0.2) is 0 Å². The lowest BCUT2D eigenvalue weighted by Crippen LogP contribution is -2.16. The Balaban J connectivity index is 1.18. The second-order valence-corrected chi connectivity index (χ2v) is 19.4. The van der Waals surface area contributed by atoms with Crippen molar-refractivity contribution in [2.75, 3.05) is 4.90 Å². The van der Waals surface area contributed by atoms with Crippen LogP contribution >= 0.6 is 11.3 Å². The number of rotatable bonds is 3. The van der Waals surface area contributed by atoms with Crippen molar-refractivity contribution in [3.63, 3.8) is 0 Å². The molecule has 3 heteroatoms. The van der Waals surface area contributed by atoms with Gasteiger partial charge in [-0.2, -0.15) is 0 Å². The molecule has 66 heavy (non-hydrogen) atoms. The Hall–Kier alpha value is -7.98. The summed E-state index contributed by atoms with van der Waals surface area (Å²) in [6.45, 7) is 4.73. The van der Waals surface area contributed by atoms with Gasteiger partial charge >= 0.3 is 0 Å². The molecule has 0 saturated carbocycles. The first-order valence-electron chi connectivity index (χ1n) is 22.8. The average molecular weight is 860 g/mol. The molecule has 11 aromatic carbocycles. The van der Waals surface area contributed by atoms with Gasteiger partial charge in [-0.05, 0) is 131 Å². The Labute approximate surface area is 385 Å². The highest BCUT2D eigenvalue weighted by Gasteiger charge is 2.36. The van der Waals surface area contributed by atoms with E-state index in [1.807, 2.05) is 11.3 Å². The molecule has 1 aliphatic carbocycles. The minimum absolute atomic E-state index is 0.175. The summed E-state index contributed by atoms with van der Waals surface area (Å²) in [6, 6.07) is 78.9. The highest BCUT2D eigenvalue weighted by atomic mass is 32.1. The van der Waals surface area contributed by atoms with E-state index in [1.54, 1.807) is 0 Å². The van der Waals surface area contributed by atoms with Crippen molar-refractivity contribution >= 4 is 124 Å². The maximum Gasteiger partial charge on any atom is 0.137 e. The van der Waals surface area contributed by atoms with E-state index in [1.165, 1.54) is 96.3 Å². The van der Waals surface area contributed by atoms with Crippen molar-refractivity contribution in [3.05, 3.63) is 223 Å². The molecule has 2 nitrogen and oxygen atoms in total. The predicted molar refractivity (Wildman–Crippen MR) is 284 cm³/mol. The molecule has 0 saturated heterocycles. The third kappa shape index (κ3) is 5.29. The van der Waals surface area contributed by atoms with Crippen molar-refractivity contribution < 1.29 is 4.42 Å². The van der Waals surface area contributed by atoms with E-state index in [-0.39, 0.29) is 5.41 Å². The number of furan rings is 1. The highest BCUT2D eigenvalue weighted by Crippen LogP contribution is 2.52. The summed E-state index contributed by atoms with van der Waals surface area (Å²) in [7, 11) is 0. The van der Waals surface area contributed by atoms with E-state index < -0.39 is 0 Å². The molecule has 0 radical (unpaired) electrons. The third-order valence-corrected chi connectivity index (χ3v) is 15.6. The van der Waals surface area contributed by atoms with E-state index in [4.69, 9.17) is 4.42 Å². The van der Waals surface area contributed by atoms with Crippen molar-refractivity contribution in [3.8, 4) is 11.1 Å². The normalized spacial score (nSPS) is 13.1. The third-order valence-electron chi connectivity index (χ3n) is 14.5. The smallest absolute Gasteiger partial charge is 0.137 e. The van der Waals surface area contributed by atoms with E-state index in [9.17, 15) is 0 Å². The molecule has 0 amide bonds. The Morgan fingerprint density at radius 3 is 1.64 bits per heavy atom. The second-order valence-electron chi connectivity index (χ2n) is 18.3. The van der Waals surface area contributed by atoms with Gasteiger partial charge in [0.05, 0.1) is 11.1 Å². The molecule has 2 aromatic heterocycles. The van der Waals surface area contributed by atoms with Crippen LogP contribution in [0.25, 0.3) is 107 Å². The zero-order chi connectivity index (χ0) is 43.7. The van der Waals surface area contributed by atoms with Crippen LogP contribution in [0.5, 0.6) is 0 Å². The number of hydrogen-bond donors (Lipinski definition) is 0. The average Bonchev–Trinajstić information content (AvgIpc) is 4.01. The van der Waals surface area contributed by atoms with Gasteiger partial charge in [0.1, 0.15) is 11.2 Å². The number of hydrogen-bond acceptors (Lipinski definition) is 3. The molecule has 310 valence electrons. The Kier molecular flexibility index (Phi) is 7.94. The monoisotopic (exact) mass is 859 g/mol. The van der Waals surface area contributed by atoms with Crippen LogP contribution in [-0.2, 0) is 5.41 Å².